The number of benzene rings is 2. The maximum atomic E-state index is 12.5. The van der Waals surface area contributed by atoms with Gasteiger partial charge in [-0.3, -0.25) is 14.5 Å². The second-order valence-electron chi connectivity index (χ2n) is 5.85. The molecule has 122 valence electrons. The Morgan fingerprint density at radius 1 is 1.04 bits per heavy atom. The monoisotopic (exact) mass is 337 g/mol. The average Bonchev–Trinajstić information content (AvgIpc) is 2.83. The number of imide groups is 1. The highest BCUT2D eigenvalue weighted by atomic mass is 32.2. The summed E-state index contributed by atoms with van der Waals surface area (Å²) in [6.07, 6.45) is 2.77. The number of amides is 2. The lowest BCUT2D eigenvalue weighted by atomic mass is 10.1. The van der Waals surface area contributed by atoms with Gasteiger partial charge in [0.2, 0.25) is 0 Å². The molecule has 1 saturated heterocycles. The van der Waals surface area contributed by atoms with E-state index in [-0.39, 0.29) is 11.1 Å². The van der Waals surface area contributed by atoms with E-state index in [1.165, 1.54) is 10.5 Å². The first-order chi connectivity index (χ1) is 11.6. The molecule has 0 atom stereocenters. The van der Waals surface area contributed by atoms with Crippen molar-refractivity contribution in [2.75, 3.05) is 0 Å². The fourth-order valence-electron chi connectivity index (χ4n) is 2.63. The smallest absolute Gasteiger partial charge is 0.268 e. The van der Waals surface area contributed by atoms with Crippen molar-refractivity contribution in [2.24, 2.45) is 0 Å². The van der Waals surface area contributed by atoms with Gasteiger partial charge in [0.25, 0.3) is 11.1 Å². The van der Waals surface area contributed by atoms with E-state index in [0.717, 1.165) is 34.9 Å². The minimum absolute atomic E-state index is 0.210. The summed E-state index contributed by atoms with van der Waals surface area (Å²) in [5, 5.41) is -0.210. The zero-order chi connectivity index (χ0) is 17.1. The van der Waals surface area contributed by atoms with E-state index in [9.17, 15) is 9.59 Å². The van der Waals surface area contributed by atoms with Crippen LogP contribution in [0.15, 0.2) is 53.4 Å². The quantitative estimate of drug-likeness (QED) is 0.753. The van der Waals surface area contributed by atoms with Crippen LogP contribution in [-0.4, -0.2) is 16.0 Å². The number of hydrogen-bond donors (Lipinski definition) is 0. The van der Waals surface area contributed by atoms with Crippen molar-refractivity contribution in [3.8, 4) is 0 Å². The Kier molecular flexibility index (Phi) is 4.86. The lowest BCUT2D eigenvalue weighted by Crippen LogP contribution is -2.27. The van der Waals surface area contributed by atoms with Gasteiger partial charge < -0.3 is 0 Å². The first-order valence-corrected chi connectivity index (χ1v) is 8.78. The zero-order valence-corrected chi connectivity index (χ0v) is 14.6. The molecule has 1 aliphatic heterocycles. The van der Waals surface area contributed by atoms with Gasteiger partial charge in [0.1, 0.15) is 0 Å². The summed E-state index contributed by atoms with van der Waals surface area (Å²) in [5.74, 6) is -0.217. The molecule has 4 heteroatoms. The lowest BCUT2D eigenvalue weighted by molar-refractivity contribution is -0.123. The fraction of sp³-hybridized carbons (Fsp3) is 0.200. The van der Waals surface area contributed by atoms with Gasteiger partial charge in [0.15, 0.2) is 0 Å². The van der Waals surface area contributed by atoms with Crippen LogP contribution < -0.4 is 0 Å². The standard InChI is InChI=1S/C20H19NO2S/c1-3-15-7-9-16(10-8-15)12-18-19(22)21(20(23)24-18)13-17-6-4-5-14(2)11-17/h4-12H,3,13H2,1-2H3/b18-12-. The molecule has 24 heavy (non-hydrogen) atoms. The van der Waals surface area contributed by atoms with Gasteiger partial charge in [0, 0.05) is 0 Å². The van der Waals surface area contributed by atoms with Crippen LogP contribution in [0.4, 0.5) is 4.79 Å². The number of carbonyl (C=O) groups excluding carboxylic acids is 2. The summed E-state index contributed by atoms with van der Waals surface area (Å²) in [6, 6.07) is 15.9. The van der Waals surface area contributed by atoms with Crippen LogP contribution in [-0.2, 0) is 17.8 Å². The van der Waals surface area contributed by atoms with E-state index >= 15 is 0 Å². The molecule has 2 amide bonds. The molecule has 0 aromatic heterocycles. The van der Waals surface area contributed by atoms with Gasteiger partial charge >= 0.3 is 0 Å². The predicted molar refractivity (Wildman–Crippen MR) is 98.5 cm³/mol. The zero-order valence-electron chi connectivity index (χ0n) is 13.8. The highest BCUT2D eigenvalue weighted by Crippen LogP contribution is 2.33. The Labute approximate surface area is 146 Å². The van der Waals surface area contributed by atoms with E-state index in [1.807, 2.05) is 55.5 Å². The van der Waals surface area contributed by atoms with Gasteiger partial charge in [-0.1, -0.05) is 61.0 Å². The molecule has 1 aliphatic rings. The Balaban J connectivity index is 1.79. The van der Waals surface area contributed by atoms with Crippen LogP contribution >= 0.6 is 11.8 Å². The fourth-order valence-corrected chi connectivity index (χ4v) is 3.47. The number of carbonyl (C=O) groups is 2. The first kappa shape index (κ1) is 16.5. The Bertz CT molecular complexity index is 809. The Hall–Kier alpha value is -2.33. The molecule has 3 rings (SSSR count). The van der Waals surface area contributed by atoms with Gasteiger partial charge in [-0.05, 0) is 47.9 Å². The third-order valence-corrected chi connectivity index (χ3v) is 4.89. The third-order valence-electron chi connectivity index (χ3n) is 3.98. The maximum Gasteiger partial charge on any atom is 0.293 e. The topological polar surface area (TPSA) is 37.4 Å². The predicted octanol–water partition coefficient (Wildman–Crippen LogP) is 4.79. The Morgan fingerprint density at radius 2 is 1.79 bits per heavy atom. The van der Waals surface area contributed by atoms with Crippen LogP contribution in [0.25, 0.3) is 6.08 Å². The first-order valence-electron chi connectivity index (χ1n) is 7.96. The summed E-state index contributed by atoms with van der Waals surface area (Å²) in [7, 11) is 0. The normalized spacial score (nSPS) is 16.2. The van der Waals surface area contributed by atoms with Crippen LogP contribution in [0, 0.1) is 6.92 Å². The molecule has 3 nitrogen and oxygen atoms in total. The van der Waals surface area contributed by atoms with Crippen molar-refractivity contribution in [3.05, 3.63) is 75.7 Å². The van der Waals surface area contributed by atoms with Gasteiger partial charge in [-0.25, -0.2) is 0 Å². The second kappa shape index (κ2) is 7.05. The third kappa shape index (κ3) is 3.60. The maximum absolute atomic E-state index is 12.5. The van der Waals surface area contributed by atoms with E-state index in [2.05, 4.69) is 6.92 Å². The van der Waals surface area contributed by atoms with E-state index in [1.54, 1.807) is 6.08 Å². The van der Waals surface area contributed by atoms with Gasteiger partial charge in [-0.2, -0.15) is 0 Å². The molecule has 0 aliphatic carbocycles. The molecule has 1 fully saturated rings. The van der Waals surface area contributed by atoms with Crippen molar-refractivity contribution >= 4 is 29.0 Å². The summed E-state index contributed by atoms with van der Waals surface area (Å²) >= 11 is 1.01. The van der Waals surface area contributed by atoms with Crippen molar-refractivity contribution < 1.29 is 9.59 Å². The molecule has 1 heterocycles. The average molecular weight is 337 g/mol. The number of nitrogens with zero attached hydrogens (tertiary/aromatic N) is 1. The summed E-state index contributed by atoms with van der Waals surface area (Å²) in [5.41, 5.74) is 4.27. The van der Waals surface area contributed by atoms with Crippen molar-refractivity contribution in [2.45, 2.75) is 26.8 Å². The van der Waals surface area contributed by atoms with E-state index in [0.29, 0.717) is 11.4 Å². The van der Waals surface area contributed by atoms with Crippen LogP contribution in [0.5, 0.6) is 0 Å². The molecular weight excluding hydrogens is 318 g/mol. The van der Waals surface area contributed by atoms with Crippen molar-refractivity contribution in [1.82, 2.24) is 4.90 Å². The molecule has 0 unspecified atom stereocenters. The summed E-state index contributed by atoms with van der Waals surface area (Å²) in [4.78, 5) is 26.5. The van der Waals surface area contributed by atoms with Gasteiger partial charge in [-0.15, -0.1) is 0 Å². The Morgan fingerprint density at radius 3 is 2.46 bits per heavy atom. The number of hydrogen-bond acceptors (Lipinski definition) is 3. The molecule has 0 spiro atoms. The summed E-state index contributed by atoms with van der Waals surface area (Å²) < 4.78 is 0. The van der Waals surface area contributed by atoms with E-state index < -0.39 is 0 Å². The molecular formula is C20H19NO2S. The van der Waals surface area contributed by atoms with Crippen LogP contribution in [0.1, 0.15) is 29.2 Å². The lowest BCUT2D eigenvalue weighted by Gasteiger charge is -2.12. The van der Waals surface area contributed by atoms with Crippen LogP contribution in [0.3, 0.4) is 0 Å². The largest absolute Gasteiger partial charge is 0.293 e. The molecule has 2 aromatic carbocycles. The van der Waals surface area contributed by atoms with Crippen molar-refractivity contribution in [1.29, 1.82) is 0 Å². The van der Waals surface area contributed by atoms with E-state index in [4.69, 9.17) is 0 Å². The number of thioether (sulfide) groups is 1. The van der Waals surface area contributed by atoms with Crippen LogP contribution in [0.2, 0.25) is 0 Å². The minimum atomic E-state index is -0.217. The number of rotatable bonds is 4. The SMILES string of the molecule is CCc1ccc(/C=C2\SC(=O)N(Cc3cccc(C)c3)C2=O)cc1. The molecule has 2 aromatic rings. The minimum Gasteiger partial charge on any atom is -0.268 e. The van der Waals surface area contributed by atoms with Crippen molar-refractivity contribution in [3.63, 3.8) is 0 Å². The number of aryl methyl sites for hydroxylation is 2. The second-order valence-corrected chi connectivity index (χ2v) is 6.85. The highest BCUT2D eigenvalue weighted by Gasteiger charge is 2.34. The molecule has 0 radical (unpaired) electrons. The van der Waals surface area contributed by atoms with Gasteiger partial charge in [0.05, 0.1) is 11.4 Å². The summed E-state index contributed by atoms with van der Waals surface area (Å²) in [6.45, 7) is 4.42. The molecule has 0 N–H and O–H groups in total. The molecule has 0 saturated carbocycles. The molecule has 0 bridgehead atoms. The highest BCUT2D eigenvalue weighted by molar-refractivity contribution is 8.18.